The fourth-order valence-electron chi connectivity index (χ4n) is 2.86. The van der Waals surface area contributed by atoms with E-state index in [2.05, 4.69) is 0 Å². The van der Waals surface area contributed by atoms with E-state index in [0.717, 1.165) is 12.8 Å². The Labute approximate surface area is 224 Å². The average Bonchev–Trinajstić information content (AvgIpc) is 3.22. The lowest BCUT2D eigenvalue weighted by atomic mass is 10.2. The Morgan fingerprint density at radius 3 is 1.34 bits per heavy atom. The first kappa shape index (κ1) is 34.1. The zero-order valence-corrected chi connectivity index (χ0v) is 22.5. The Bertz CT molecular complexity index is 653. The molecule has 1 heterocycles. The largest absolute Gasteiger partial charge is 0.492 e. The zero-order valence-electron chi connectivity index (χ0n) is 22.5. The first-order chi connectivity index (χ1) is 18.6. The molecule has 0 fully saturated rings. The van der Waals surface area contributed by atoms with Crippen molar-refractivity contribution in [1.29, 1.82) is 0 Å². The first-order valence-electron chi connectivity index (χ1n) is 13.0. The summed E-state index contributed by atoms with van der Waals surface area (Å²) in [6.07, 6.45) is 2.40. The van der Waals surface area contributed by atoms with Crippen molar-refractivity contribution in [3.8, 4) is 11.8 Å². The second-order valence-electron chi connectivity index (χ2n) is 7.90. The van der Waals surface area contributed by atoms with Crippen LogP contribution in [0.5, 0.6) is 11.8 Å². The summed E-state index contributed by atoms with van der Waals surface area (Å²) in [6, 6.07) is 2.46. The van der Waals surface area contributed by atoms with Gasteiger partial charge < -0.3 is 52.9 Å². The molecule has 0 spiro atoms. The maximum Gasteiger partial charge on any atom is 0.333 e. The first-order valence-corrected chi connectivity index (χ1v) is 13.0. The summed E-state index contributed by atoms with van der Waals surface area (Å²) in [5, 5.41) is 18.9. The molecule has 0 aliphatic rings. The van der Waals surface area contributed by atoms with Crippen LogP contribution in [0.1, 0.15) is 25.7 Å². The molecule has 38 heavy (non-hydrogen) atoms. The van der Waals surface area contributed by atoms with Gasteiger partial charge in [0.05, 0.1) is 92.5 Å². The predicted molar refractivity (Wildman–Crippen MR) is 135 cm³/mol. The van der Waals surface area contributed by atoms with Crippen molar-refractivity contribution < 1.29 is 57.7 Å². The monoisotopic (exact) mass is 551 g/mol. The van der Waals surface area contributed by atoms with Gasteiger partial charge in [0.2, 0.25) is 11.8 Å². The number of hydrogen-bond donors (Lipinski definition) is 2. The summed E-state index contributed by atoms with van der Waals surface area (Å²) in [7, 11) is 1.64. The van der Waals surface area contributed by atoms with Crippen LogP contribution in [0.2, 0.25) is 0 Å². The number of aromatic hydroxyl groups is 2. The van der Waals surface area contributed by atoms with Crippen LogP contribution in [-0.2, 0) is 42.7 Å². The maximum atomic E-state index is 11.7. The lowest BCUT2D eigenvalue weighted by molar-refractivity contribution is -0.145. The number of nitrogens with zero attached hydrogens (tertiary/aromatic N) is 1. The minimum Gasteiger partial charge on any atom is -0.492 e. The molecule has 2 N–H and O–H groups in total. The number of rotatable bonds is 28. The van der Waals surface area contributed by atoms with Gasteiger partial charge in [-0.05, 0) is 12.8 Å². The van der Waals surface area contributed by atoms with Crippen molar-refractivity contribution in [1.82, 2.24) is 4.73 Å². The van der Waals surface area contributed by atoms with Gasteiger partial charge in [-0.3, -0.25) is 0 Å². The highest BCUT2D eigenvalue weighted by atomic mass is 16.7. The lowest BCUT2D eigenvalue weighted by Crippen LogP contribution is -2.18. The van der Waals surface area contributed by atoms with E-state index in [1.165, 1.54) is 12.1 Å². The topological polar surface area (TPSA) is 146 Å². The molecule has 0 saturated heterocycles. The van der Waals surface area contributed by atoms with Gasteiger partial charge in [-0.1, -0.05) is 6.42 Å². The van der Waals surface area contributed by atoms with Crippen molar-refractivity contribution in [2.24, 2.45) is 0 Å². The van der Waals surface area contributed by atoms with Crippen molar-refractivity contribution in [2.75, 3.05) is 106 Å². The molecule has 0 saturated carbocycles. The fraction of sp³-hybridized carbons (Fsp3) is 0.800. The molecule has 0 unspecified atom stereocenters. The van der Waals surface area contributed by atoms with Crippen molar-refractivity contribution >= 4 is 5.97 Å². The summed E-state index contributed by atoms with van der Waals surface area (Å²) in [6.45, 7) is 7.82. The molecule has 1 aromatic rings. The number of methoxy groups -OCH3 is 1. The minimum atomic E-state index is -0.530. The highest BCUT2D eigenvalue weighted by Gasteiger charge is 2.11. The van der Waals surface area contributed by atoms with Gasteiger partial charge in [-0.15, -0.1) is 4.73 Å². The summed E-state index contributed by atoms with van der Waals surface area (Å²) in [5.41, 5.74) is 0. The third-order valence-electron chi connectivity index (χ3n) is 4.82. The predicted octanol–water partition coefficient (Wildman–Crippen LogP) is 1.18. The fourth-order valence-corrected chi connectivity index (χ4v) is 2.86. The molecule has 0 atom stereocenters. The van der Waals surface area contributed by atoms with E-state index < -0.39 is 5.97 Å². The van der Waals surface area contributed by atoms with Crippen LogP contribution in [0, 0.1) is 0 Å². The van der Waals surface area contributed by atoms with Gasteiger partial charge in [0.1, 0.15) is 0 Å². The molecule has 13 heteroatoms. The van der Waals surface area contributed by atoms with Crippen LogP contribution < -0.4 is 4.84 Å². The number of ether oxygens (including phenoxy) is 8. The summed E-state index contributed by atoms with van der Waals surface area (Å²) in [5.74, 6) is -1.20. The summed E-state index contributed by atoms with van der Waals surface area (Å²) in [4.78, 5) is 16.6. The van der Waals surface area contributed by atoms with Gasteiger partial charge in [0, 0.05) is 32.3 Å². The second-order valence-corrected chi connectivity index (χ2v) is 7.90. The molecule has 222 valence electrons. The van der Waals surface area contributed by atoms with Crippen LogP contribution >= 0.6 is 0 Å². The molecule has 0 aliphatic heterocycles. The van der Waals surface area contributed by atoms with Crippen molar-refractivity contribution in [3.05, 3.63) is 12.1 Å². The highest BCUT2D eigenvalue weighted by Crippen LogP contribution is 2.19. The van der Waals surface area contributed by atoms with Crippen LogP contribution in [-0.4, -0.2) is 127 Å². The summed E-state index contributed by atoms with van der Waals surface area (Å²) < 4.78 is 43.4. The van der Waals surface area contributed by atoms with Gasteiger partial charge >= 0.3 is 5.97 Å². The molecule has 0 bridgehead atoms. The van der Waals surface area contributed by atoms with Crippen LogP contribution in [0.15, 0.2) is 12.1 Å². The maximum absolute atomic E-state index is 11.7. The van der Waals surface area contributed by atoms with Gasteiger partial charge in [-0.25, -0.2) is 4.79 Å². The van der Waals surface area contributed by atoms with Crippen molar-refractivity contribution in [3.63, 3.8) is 0 Å². The third-order valence-corrected chi connectivity index (χ3v) is 4.82. The summed E-state index contributed by atoms with van der Waals surface area (Å²) >= 11 is 0. The zero-order chi connectivity index (χ0) is 27.5. The molecule has 0 aromatic carbocycles. The second kappa shape index (κ2) is 25.3. The number of carbonyl (C=O) groups excluding carboxylic acids is 1. The van der Waals surface area contributed by atoms with E-state index in [1.54, 1.807) is 7.11 Å². The lowest BCUT2D eigenvalue weighted by Gasteiger charge is -2.08. The molecule has 13 nitrogen and oxygen atoms in total. The van der Waals surface area contributed by atoms with Crippen LogP contribution in [0.3, 0.4) is 0 Å². The molecule has 1 aromatic heterocycles. The van der Waals surface area contributed by atoms with E-state index in [0.29, 0.717) is 110 Å². The number of aromatic nitrogens is 1. The normalized spacial score (nSPS) is 11.3. The van der Waals surface area contributed by atoms with E-state index in [-0.39, 0.29) is 18.2 Å². The molecule has 1 rings (SSSR count). The SMILES string of the molecule is COCCOCCOCCOCCOCCOCCOCCOCCCCCC(=O)On1c(O)ccc1O. The standard InChI is InChI=1S/C25H45NO12/c1-30-9-10-32-13-14-34-17-18-36-21-22-37-20-19-35-16-15-33-12-11-31-8-4-2-3-5-25(29)38-26-23(27)6-7-24(26)28/h6-7,27-28H,2-5,8-22H2,1H3. The van der Waals surface area contributed by atoms with E-state index >= 15 is 0 Å². The van der Waals surface area contributed by atoms with Gasteiger partial charge in [-0.2, -0.15) is 0 Å². The van der Waals surface area contributed by atoms with E-state index in [1.807, 2.05) is 0 Å². The van der Waals surface area contributed by atoms with Crippen LogP contribution in [0.4, 0.5) is 0 Å². The minimum absolute atomic E-state index is 0.182. The number of carbonyl (C=O) groups is 1. The van der Waals surface area contributed by atoms with Gasteiger partial charge in [0.25, 0.3) is 0 Å². The number of hydrogen-bond acceptors (Lipinski definition) is 12. The molecule has 0 radical (unpaired) electrons. The van der Waals surface area contributed by atoms with Crippen molar-refractivity contribution in [2.45, 2.75) is 25.7 Å². The van der Waals surface area contributed by atoms with Gasteiger partial charge in [0.15, 0.2) is 0 Å². The van der Waals surface area contributed by atoms with Crippen LogP contribution in [0.25, 0.3) is 0 Å². The quantitative estimate of drug-likeness (QED) is 0.144. The smallest absolute Gasteiger partial charge is 0.333 e. The van der Waals surface area contributed by atoms with E-state index in [4.69, 9.17) is 42.7 Å². The Hall–Kier alpha value is -1.97. The highest BCUT2D eigenvalue weighted by molar-refractivity contribution is 5.69. The Balaban J connectivity index is 1.70. The Morgan fingerprint density at radius 2 is 0.947 bits per heavy atom. The molecule has 0 amide bonds. The van der Waals surface area contributed by atoms with E-state index in [9.17, 15) is 15.0 Å². The molecular weight excluding hydrogens is 506 g/mol. The average molecular weight is 552 g/mol. The Kier molecular flexibility index (Phi) is 22.7. The Morgan fingerprint density at radius 1 is 0.579 bits per heavy atom. The number of unbranched alkanes of at least 4 members (excludes halogenated alkanes) is 2. The molecular formula is C25H45NO12. The molecule has 0 aliphatic carbocycles. The third kappa shape index (κ3) is 20.1.